The van der Waals surface area contributed by atoms with Crippen molar-refractivity contribution in [2.75, 3.05) is 67.6 Å². The molecule has 0 unspecified atom stereocenters. The van der Waals surface area contributed by atoms with Crippen LogP contribution in [0.4, 0.5) is 0 Å². The molecular weight excluding hydrogens is 452 g/mol. The topological polar surface area (TPSA) is 50.2 Å². The van der Waals surface area contributed by atoms with Crippen molar-refractivity contribution in [1.29, 1.82) is 0 Å². The molecule has 1 fully saturated rings. The van der Waals surface area contributed by atoms with E-state index in [1.807, 2.05) is 29.2 Å². The van der Waals surface area contributed by atoms with E-state index in [2.05, 4.69) is 53.6 Å². The zero-order chi connectivity index (χ0) is 25.7. The van der Waals surface area contributed by atoms with Gasteiger partial charge in [0.05, 0.1) is 19.8 Å². The predicted molar refractivity (Wildman–Crippen MR) is 145 cm³/mol. The summed E-state index contributed by atoms with van der Waals surface area (Å²) in [6, 6.07) is 14.4. The lowest BCUT2D eigenvalue weighted by atomic mass is 10.1. The Labute approximate surface area is 215 Å². The first-order valence-electron chi connectivity index (χ1n) is 12.9. The number of rotatable bonds is 10. The lowest BCUT2D eigenvalue weighted by Crippen LogP contribution is -2.49. The van der Waals surface area contributed by atoms with E-state index in [0.29, 0.717) is 0 Å². The molecule has 0 atom stereocenters. The maximum Gasteiger partial charge on any atom is 0.256 e. The molecule has 1 aromatic heterocycles. The summed E-state index contributed by atoms with van der Waals surface area (Å²) in [5.74, 6) is 1.80. The van der Waals surface area contributed by atoms with Crippen LogP contribution in [0.5, 0.6) is 11.5 Å². The van der Waals surface area contributed by atoms with Gasteiger partial charge in [-0.1, -0.05) is 12.1 Å². The summed E-state index contributed by atoms with van der Waals surface area (Å²) in [6.45, 7) is 8.26. The highest BCUT2D eigenvalue weighted by Crippen LogP contribution is 2.31. The Kier molecular flexibility index (Phi) is 8.54. The quantitative estimate of drug-likeness (QED) is 0.429. The average Bonchev–Trinajstić information content (AvgIpc) is 3.17. The van der Waals surface area contributed by atoms with Crippen molar-refractivity contribution >= 4 is 16.8 Å². The van der Waals surface area contributed by atoms with Gasteiger partial charge in [0.15, 0.2) is 0 Å². The first-order valence-corrected chi connectivity index (χ1v) is 12.9. The molecule has 4 rings (SSSR count). The number of piperazine rings is 1. The summed E-state index contributed by atoms with van der Waals surface area (Å²) in [4.78, 5) is 20.5. The van der Waals surface area contributed by atoms with E-state index in [0.717, 1.165) is 92.3 Å². The highest BCUT2D eigenvalue weighted by atomic mass is 16.5. The van der Waals surface area contributed by atoms with Crippen molar-refractivity contribution in [3.63, 3.8) is 0 Å². The van der Waals surface area contributed by atoms with Crippen molar-refractivity contribution in [3.05, 3.63) is 59.3 Å². The summed E-state index contributed by atoms with van der Waals surface area (Å²) < 4.78 is 13.1. The fourth-order valence-corrected chi connectivity index (χ4v) is 5.10. The molecule has 7 nitrogen and oxygen atoms in total. The fourth-order valence-electron chi connectivity index (χ4n) is 5.10. The van der Waals surface area contributed by atoms with E-state index in [1.54, 1.807) is 14.2 Å². The molecule has 0 radical (unpaired) electrons. The largest absolute Gasteiger partial charge is 0.497 e. The lowest BCUT2D eigenvalue weighted by Gasteiger charge is -2.35. The molecule has 3 aromatic rings. The Morgan fingerprint density at radius 3 is 2.22 bits per heavy atom. The van der Waals surface area contributed by atoms with Gasteiger partial charge in [0.25, 0.3) is 5.91 Å². The molecule has 2 aromatic carbocycles. The zero-order valence-corrected chi connectivity index (χ0v) is 22.4. The van der Waals surface area contributed by atoms with Gasteiger partial charge in [0, 0.05) is 55.9 Å². The van der Waals surface area contributed by atoms with Gasteiger partial charge in [-0.05, 0) is 76.3 Å². The summed E-state index contributed by atoms with van der Waals surface area (Å²) in [7, 11) is 7.56. The standard InChI is InChI=1S/C29H40N4O3/c1-22-28(26-21-25(36-5)11-12-27(26)33(22)15-6-14-30(2)3)29(34)32-19-17-31(18-20-32)16-13-23-7-9-24(35-4)10-8-23/h7-12,21H,6,13-20H2,1-5H3. The third-order valence-corrected chi connectivity index (χ3v) is 7.27. The minimum atomic E-state index is 0.131. The number of carbonyl (C=O) groups is 1. The number of aromatic nitrogens is 1. The number of amides is 1. The Morgan fingerprint density at radius 2 is 1.58 bits per heavy atom. The summed E-state index contributed by atoms with van der Waals surface area (Å²) in [6.07, 6.45) is 2.03. The minimum Gasteiger partial charge on any atom is -0.497 e. The normalized spacial score (nSPS) is 14.6. The van der Waals surface area contributed by atoms with Crippen LogP contribution in [-0.2, 0) is 13.0 Å². The van der Waals surface area contributed by atoms with Crippen molar-refractivity contribution in [3.8, 4) is 11.5 Å². The van der Waals surface area contributed by atoms with Gasteiger partial charge < -0.3 is 23.8 Å². The second-order valence-corrected chi connectivity index (χ2v) is 9.88. The van der Waals surface area contributed by atoms with Crippen LogP contribution in [0.2, 0.25) is 0 Å². The van der Waals surface area contributed by atoms with Crippen LogP contribution in [0.1, 0.15) is 28.0 Å². The van der Waals surface area contributed by atoms with Gasteiger partial charge in [0.2, 0.25) is 0 Å². The van der Waals surface area contributed by atoms with E-state index < -0.39 is 0 Å². The molecule has 2 heterocycles. The molecule has 0 aliphatic carbocycles. The Hall–Kier alpha value is -3.03. The van der Waals surface area contributed by atoms with Gasteiger partial charge >= 0.3 is 0 Å². The van der Waals surface area contributed by atoms with Gasteiger partial charge in [-0.2, -0.15) is 0 Å². The maximum absolute atomic E-state index is 13.8. The SMILES string of the molecule is COc1ccc(CCN2CCN(C(=O)c3c(C)n(CCCN(C)C)c4ccc(OC)cc34)CC2)cc1. The van der Waals surface area contributed by atoms with E-state index in [9.17, 15) is 4.79 Å². The van der Waals surface area contributed by atoms with Crippen molar-refractivity contribution in [1.82, 2.24) is 19.3 Å². The van der Waals surface area contributed by atoms with Crippen LogP contribution in [0, 0.1) is 6.92 Å². The van der Waals surface area contributed by atoms with Gasteiger partial charge in [-0.25, -0.2) is 0 Å². The average molecular weight is 493 g/mol. The first kappa shape index (κ1) is 26.0. The highest BCUT2D eigenvalue weighted by molar-refractivity contribution is 6.08. The number of fused-ring (bicyclic) bond motifs is 1. The maximum atomic E-state index is 13.8. The smallest absolute Gasteiger partial charge is 0.256 e. The molecule has 1 aliphatic heterocycles. The van der Waals surface area contributed by atoms with Crippen LogP contribution < -0.4 is 9.47 Å². The van der Waals surface area contributed by atoms with E-state index in [4.69, 9.17) is 9.47 Å². The Morgan fingerprint density at radius 1 is 0.917 bits per heavy atom. The monoisotopic (exact) mass is 492 g/mol. The lowest BCUT2D eigenvalue weighted by molar-refractivity contribution is 0.0639. The number of ether oxygens (including phenoxy) is 2. The van der Waals surface area contributed by atoms with Gasteiger partial charge in [-0.15, -0.1) is 0 Å². The number of nitrogens with zero attached hydrogens (tertiary/aromatic N) is 4. The fraction of sp³-hybridized carbons (Fsp3) is 0.483. The van der Waals surface area contributed by atoms with Crippen LogP contribution in [0.15, 0.2) is 42.5 Å². The number of methoxy groups -OCH3 is 2. The number of hydrogen-bond acceptors (Lipinski definition) is 5. The zero-order valence-electron chi connectivity index (χ0n) is 22.4. The molecule has 36 heavy (non-hydrogen) atoms. The Bertz CT molecular complexity index is 1160. The van der Waals surface area contributed by atoms with Crippen LogP contribution in [-0.4, -0.2) is 92.8 Å². The molecule has 0 bridgehead atoms. The van der Waals surface area contributed by atoms with Gasteiger partial charge in [-0.3, -0.25) is 9.69 Å². The molecule has 7 heteroatoms. The minimum absolute atomic E-state index is 0.131. The predicted octanol–water partition coefficient (Wildman–Crippen LogP) is 3.92. The Balaban J connectivity index is 1.44. The third kappa shape index (κ3) is 5.85. The molecule has 1 aliphatic rings. The van der Waals surface area contributed by atoms with Crippen molar-refractivity contribution in [2.24, 2.45) is 0 Å². The van der Waals surface area contributed by atoms with Crippen LogP contribution in [0.3, 0.4) is 0 Å². The summed E-state index contributed by atoms with van der Waals surface area (Å²) in [5.41, 5.74) is 4.28. The first-order chi connectivity index (χ1) is 17.4. The van der Waals surface area contributed by atoms with Crippen molar-refractivity contribution in [2.45, 2.75) is 26.3 Å². The number of carbonyl (C=O) groups excluding carboxylic acids is 1. The van der Waals surface area contributed by atoms with Crippen LogP contribution in [0.25, 0.3) is 10.9 Å². The number of aryl methyl sites for hydroxylation is 1. The molecule has 0 saturated carbocycles. The second-order valence-electron chi connectivity index (χ2n) is 9.88. The number of hydrogen-bond donors (Lipinski definition) is 0. The van der Waals surface area contributed by atoms with E-state index in [1.165, 1.54) is 5.56 Å². The molecule has 0 spiro atoms. The molecule has 1 saturated heterocycles. The summed E-state index contributed by atoms with van der Waals surface area (Å²) in [5, 5.41) is 0.989. The molecule has 0 N–H and O–H groups in total. The van der Waals surface area contributed by atoms with E-state index in [-0.39, 0.29) is 5.91 Å². The third-order valence-electron chi connectivity index (χ3n) is 7.27. The van der Waals surface area contributed by atoms with E-state index >= 15 is 0 Å². The molecule has 194 valence electrons. The summed E-state index contributed by atoms with van der Waals surface area (Å²) >= 11 is 0. The van der Waals surface area contributed by atoms with Gasteiger partial charge in [0.1, 0.15) is 11.5 Å². The van der Waals surface area contributed by atoms with Crippen LogP contribution >= 0.6 is 0 Å². The molecule has 1 amide bonds. The highest BCUT2D eigenvalue weighted by Gasteiger charge is 2.27. The number of benzene rings is 2. The second kappa shape index (κ2) is 11.8. The van der Waals surface area contributed by atoms with Crippen molar-refractivity contribution < 1.29 is 14.3 Å². The molecular formula is C29H40N4O3.